The highest BCUT2D eigenvalue weighted by Gasteiger charge is 2.39. The normalized spacial score (nSPS) is 24.3. The Morgan fingerprint density at radius 2 is 1.82 bits per heavy atom. The van der Waals surface area contributed by atoms with Crippen molar-refractivity contribution >= 4 is 5.91 Å². The first-order valence-corrected chi connectivity index (χ1v) is 9.80. The van der Waals surface area contributed by atoms with Crippen LogP contribution in [0.4, 0.5) is 4.39 Å². The van der Waals surface area contributed by atoms with Gasteiger partial charge < -0.3 is 15.4 Å². The van der Waals surface area contributed by atoms with E-state index in [-0.39, 0.29) is 23.7 Å². The number of rotatable bonds is 4. The molecule has 148 valence electrons. The van der Waals surface area contributed by atoms with Crippen molar-refractivity contribution in [2.24, 2.45) is 5.73 Å². The van der Waals surface area contributed by atoms with Crippen LogP contribution in [0.3, 0.4) is 0 Å². The van der Waals surface area contributed by atoms with Crippen molar-refractivity contribution in [3.05, 3.63) is 71.5 Å². The topological polar surface area (TPSA) is 58.8 Å². The predicted octanol–water partition coefficient (Wildman–Crippen LogP) is 2.15. The number of nitrogens with two attached hydrogens (primary N) is 1. The van der Waals surface area contributed by atoms with Gasteiger partial charge in [0.15, 0.2) is 0 Å². The predicted molar refractivity (Wildman–Crippen MR) is 105 cm³/mol. The maximum absolute atomic E-state index is 13.9. The molecule has 2 aliphatic heterocycles. The molecule has 0 aromatic heterocycles. The summed E-state index contributed by atoms with van der Waals surface area (Å²) in [7, 11) is 0. The molecule has 0 spiro atoms. The Balaban J connectivity index is 1.58. The van der Waals surface area contributed by atoms with E-state index in [4.69, 9.17) is 10.5 Å². The lowest BCUT2D eigenvalue weighted by Gasteiger charge is -2.36. The molecule has 2 saturated heterocycles. The minimum Gasteiger partial charge on any atom is -0.379 e. The van der Waals surface area contributed by atoms with Gasteiger partial charge in [-0.25, -0.2) is 4.39 Å². The van der Waals surface area contributed by atoms with Gasteiger partial charge in [-0.1, -0.05) is 42.5 Å². The smallest absolute Gasteiger partial charge is 0.244 e. The lowest BCUT2D eigenvalue weighted by atomic mass is 9.95. The number of amides is 1. The van der Waals surface area contributed by atoms with Crippen molar-refractivity contribution in [1.29, 1.82) is 0 Å². The number of hydrogen-bond acceptors (Lipinski definition) is 4. The largest absolute Gasteiger partial charge is 0.379 e. The molecule has 6 heteroatoms. The Labute approximate surface area is 164 Å². The summed E-state index contributed by atoms with van der Waals surface area (Å²) < 4.78 is 19.3. The van der Waals surface area contributed by atoms with E-state index in [0.29, 0.717) is 45.0 Å². The van der Waals surface area contributed by atoms with E-state index in [9.17, 15) is 9.18 Å². The minimum atomic E-state index is -0.513. The van der Waals surface area contributed by atoms with E-state index < -0.39 is 6.04 Å². The van der Waals surface area contributed by atoms with E-state index >= 15 is 0 Å². The van der Waals surface area contributed by atoms with Gasteiger partial charge in [0.2, 0.25) is 5.91 Å². The van der Waals surface area contributed by atoms with E-state index in [1.165, 1.54) is 12.1 Å². The van der Waals surface area contributed by atoms with Crippen molar-refractivity contribution in [3.8, 4) is 0 Å². The number of carbonyl (C=O) groups is 1. The molecule has 1 amide bonds. The van der Waals surface area contributed by atoms with Gasteiger partial charge in [0.1, 0.15) is 11.9 Å². The molecule has 28 heavy (non-hydrogen) atoms. The Kier molecular flexibility index (Phi) is 5.71. The molecule has 2 aliphatic rings. The zero-order valence-corrected chi connectivity index (χ0v) is 15.8. The molecular formula is C22H26FN3O2. The summed E-state index contributed by atoms with van der Waals surface area (Å²) in [6, 6.07) is 15.8. The number of carbonyl (C=O) groups excluding carboxylic acids is 1. The third kappa shape index (κ3) is 3.94. The van der Waals surface area contributed by atoms with Gasteiger partial charge in [-0.3, -0.25) is 9.69 Å². The molecule has 0 aliphatic carbocycles. The van der Waals surface area contributed by atoms with Crippen LogP contribution in [0.25, 0.3) is 0 Å². The third-order valence-electron chi connectivity index (χ3n) is 5.71. The van der Waals surface area contributed by atoms with Gasteiger partial charge in [0.25, 0.3) is 0 Å². The number of ether oxygens (including phenoxy) is 1. The van der Waals surface area contributed by atoms with Gasteiger partial charge >= 0.3 is 0 Å². The van der Waals surface area contributed by atoms with Crippen LogP contribution < -0.4 is 5.73 Å². The highest BCUT2D eigenvalue weighted by atomic mass is 19.1. The lowest BCUT2D eigenvalue weighted by Crippen LogP contribution is -2.47. The zero-order chi connectivity index (χ0) is 19.5. The summed E-state index contributed by atoms with van der Waals surface area (Å²) in [5.41, 5.74) is 8.23. The minimum absolute atomic E-state index is 0.0126. The van der Waals surface area contributed by atoms with E-state index in [0.717, 1.165) is 5.56 Å². The second kappa shape index (κ2) is 8.39. The summed E-state index contributed by atoms with van der Waals surface area (Å²) in [4.78, 5) is 17.5. The Hall–Kier alpha value is -2.28. The van der Waals surface area contributed by atoms with Gasteiger partial charge in [0, 0.05) is 38.1 Å². The summed E-state index contributed by atoms with van der Waals surface area (Å²) >= 11 is 0. The molecule has 2 N–H and O–H groups in total. The molecule has 2 aromatic rings. The highest BCUT2D eigenvalue weighted by molar-refractivity contribution is 5.84. The van der Waals surface area contributed by atoms with Crippen molar-refractivity contribution < 1.29 is 13.9 Å². The van der Waals surface area contributed by atoms with Crippen LogP contribution in [0.15, 0.2) is 54.6 Å². The fourth-order valence-corrected chi connectivity index (χ4v) is 4.26. The first-order chi connectivity index (χ1) is 13.6. The van der Waals surface area contributed by atoms with Crippen LogP contribution in [0.1, 0.15) is 23.1 Å². The molecule has 0 saturated carbocycles. The fourth-order valence-electron chi connectivity index (χ4n) is 4.26. The lowest BCUT2D eigenvalue weighted by molar-refractivity contribution is -0.138. The highest BCUT2D eigenvalue weighted by Crippen LogP contribution is 2.31. The van der Waals surface area contributed by atoms with Crippen LogP contribution >= 0.6 is 0 Å². The van der Waals surface area contributed by atoms with Crippen molar-refractivity contribution in [1.82, 2.24) is 9.80 Å². The number of likely N-dealkylation sites (tertiary alicyclic amines) is 1. The van der Waals surface area contributed by atoms with Crippen LogP contribution in [-0.4, -0.2) is 61.1 Å². The van der Waals surface area contributed by atoms with E-state index in [2.05, 4.69) is 17.0 Å². The SMILES string of the molecule is N[C@@H]1CN(C(=O)C(c2cccc(F)c2)N2CCOCC2)C[C@H]1c1ccccc1. The zero-order valence-electron chi connectivity index (χ0n) is 15.8. The standard InChI is InChI=1S/C22H26FN3O2/c23-18-8-4-7-17(13-18)21(25-9-11-28-12-10-25)22(27)26-14-19(20(24)15-26)16-5-2-1-3-6-16/h1-8,13,19-21H,9-12,14-15,24H2/t19-,20+,21?/m0/s1. The second-order valence-corrected chi connectivity index (χ2v) is 7.53. The number of nitrogens with zero attached hydrogens (tertiary/aromatic N) is 2. The maximum atomic E-state index is 13.9. The number of benzene rings is 2. The number of hydrogen-bond donors (Lipinski definition) is 1. The average Bonchev–Trinajstić information content (AvgIpc) is 3.11. The van der Waals surface area contributed by atoms with Crippen molar-refractivity contribution in [2.75, 3.05) is 39.4 Å². The number of halogens is 1. The molecular weight excluding hydrogens is 357 g/mol. The third-order valence-corrected chi connectivity index (χ3v) is 5.71. The first-order valence-electron chi connectivity index (χ1n) is 9.80. The number of morpholine rings is 1. The van der Waals surface area contributed by atoms with Crippen LogP contribution in [0.5, 0.6) is 0 Å². The Morgan fingerprint density at radius 1 is 1.07 bits per heavy atom. The van der Waals surface area contributed by atoms with Crippen LogP contribution in [0, 0.1) is 5.82 Å². The van der Waals surface area contributed by atoms with Crippen molar-refractivity contribution in [2.45, 2.75) is 18.0 Å². The molecule has 1 unspecified atom stereocenters. The molecule has 2 aromatic carbocycles. The molecule has 3 atom stereocenters. The van der Waals surface area contributed by atoms with Gasteiger partial charge in [0.05, 0.1) is 13.2 Å². The summed E-state index contributed by atoms with van der Waals surface area (Å²) in [5, 5.41) is 0. The van der Waals surface area contributed by atoms with Gasteiger partial charge in [-0.15, -0.1) is 0 Å². The molecule has 4 rings (SSSR count). The van der Waals surface area contributed by atoms with Gasteiger partial charge in [-0.2, -0.15) is 0 Å². The van der Waals surface area contributed by atoms with E-state index in [1.54, 1.807) is 6.07 Å². The maximum Gasteiger partial charge on any atom is 0.244 e. The van der Waals surface area contributed by atoms with Gasteiger partial charge in [-0.05, 0) is 23.3 Å². The quantitative estimate of drug-likeness (QED) is 0.879. The molecule has 2 heterocycles. The first kappa shape index (κ1) is 19.1. The van der Waals surface area contributed by atoms with Crippen LogP contribution in [0.2, 0.25) is 0 Å². The molecule has 0 bridgehead atoms. The fraction of sp³-hybridized carbons (Fsp3) is 0.409. The molecule has 5 nitrogen and oxygen atoms in total. The summed E-state index contributed by atoms with van der Waals surface area (Å²) in [6.07, 6.45) is 0. The molecule has 0 radical (unpaired) electrons. The van der Waals surface area contributed by atoms with E-state index in [1.807, 2.05) is 29.2 Å². The molecule has 2 fully saturated rings. The Morgan fingerprint density at radius 3 is 2.54 bits per heavy atom. The van der Waals surface area contributed by atoms with Crippen LogP contribution in [-0.2, 0) is 9.53 Å². The average molecular weight is 383 g/mol. The monoisotopic (exact) mass is 383 g/mol. The summed E-state index contributed by atoms with van der Waals surface area (Å²) in [6.45, 7) is 3.54. The second-order valence-electron chi connectivity index (χ2n) is 7.53. The van der Waals surface area contributed by atoms with Crippen molar-refractivity contribution in [3.63, 3.8) is 0 Å². The summed E-state index contributed by atoms with van der Waals surface area (Å²) in [5.74, 6) is -0.228. The Bertz CT molecular complexity index is 810.